The molecule has 1 saturated heterocycles. The first-order valence-corrected chi connectivity index (χ1v) is 6.16. The molecule has 2 heteroatoms. The molecule has 0 aromatic heterocycles. The fourth-order valence-corrected chi connectivity index (χ4v) is 4.17. The van der Waals surface area contributed by atoms with Crippen molar-refractivity contribution in [3.05, 3.63) is 0 Å². The van der Waals surface area contributed by atoms with Crippen LogP contribution in [-0.4, -0.2) is 15.2 Å². The molecule has 0 amide bonds. The van der Waals surface area contributed by atoms with Gasteiger partial charge in [0.2, 0.25) is 0 Å². The van der Waals surface area contributed by atoms with E-state index in [0.717, 1.165) is 5.92 Å². The van der Waals surface area contributed by atoms with Crippen LogP contribution < -0.4 is 0 Å². The molecule has 1 heterocycles. The molecule has 1 nitrogen and oxygen atoms in total. The smallest absolute Gasteiger partial charge is 0.0331 e. The van der Waals surface area contributed by atoms with E-state index < -0.39 is 0 Å². The normalized spacial score (nSPS) is 36.0. The molecule has 0 aromatic rings. The van der Waals surface area contributed by atoms with Gasteiger partial charge in [-0.2, -0.15) is 0 Å². The highest BCUT2D eigenvalue weighted by molar-refractivity contribution is 14.1. The number of halogens is 1. The molecule has 0 unspecified atom stereocenters. The zero-order chi connectivity index (χ0) is 8.60. The van der Waals surface area contributed by atoms with Gasteiger partial charge < -0.3 is 0 Å². The molecule has 0 radical (unpaired) electrons. The van der Waals surface area contributed by atoms with Crippen LogP contribution in [0, 0.1) is 5.92 Å². The van der Waals surface area contributed by atoms with Crippen molar-refractivity contribution in [3.63, 3.8) is 0 Å². The monoisotopic (exact) mass is 279 g/mol. The minimum absolute atomic E-state index is 0.610. The minimum atomic E-state index is 0.610. The predicted molar refractivity (Wildman–Crippen MR) is 60.3 cm³/mol. The summed E-state index contributed by atoms with van der Waals surface area (Å²) in [5.41, 5.74) is 0.610. The first kappa shape index (κ1) is 9.25. The summed E-state index contributed by atoms with van der Waals surface area (Å²) in [7, 11) is 0. The quantitative estimate of drug-likeness (QED) is 0.485. The molecular weight excluding hydrogens is 261 g/mol. The van der Waals surface area contributed by atoms with Gasteiger partial charge in [-0.15, -0.1) is 0 Å². The number of nitrogens with zero attached hydrogens (tertiary/aromatic N) is 1. The lowest BCUT2D eigenvalue weighted by atomic mass is 9.75. The molecule has 1 spiro atoms. The standard InChI is InChI=1S/C10H18IN/c1-9-5-8-12(11)10(9)6-3-2-4-7-10/h9H,2-8H2,1H3/t9-/m0/s1. The largest absolute Gasteiger partial charge is 0.241 e. The lowest BCUT2D eigenvalue weighted by molar-refractivity contribution is 0.154. The van der Waals surface area contributed by atoms with Gasteiger partial charge in [-0.25, -0.2) is 3.11 Å². The van der Waals surface area contributed by atoms with Gasteiger partial charge in [-0.1, -0.05) is 26.2 Å². The molecule has 1 aliphatic carbocycles. The summed E-state index contributed by atoms with van der Waals surface area (Å²) in [5.74, 6) is 0.940. The first-order chi connectivity index (χ1) is 5.76. The van der Waals surface area contributed by atoms with E-state index in [-0.39, 0.29) is 0 Å². The second-order valence-electron chi connectivity index (χ2n) is 4.44. The average molecular weight is 279 g/mol. The summed E-state index contributed by atoms with van der Waals surface area (Å²) >= 11 is 2.55. The molecule has 12 heavy (non-hydrogen) atoms. The van der Waals surface area contributed by atoms with E-state index in [1.165, 1.54) is 45.1 Å². The van der Waals surface area contributed by atoms with Crippen LogP contribution in [0.3, 0.4) is 0 Å². The summed E-state index contributed by atoms with van der Waals surface area (Å²) in [5, 5.41) is 0. The summed E-state index contributed by atoms with van der Waals surface area (Å²) < 4.78 is 2.61. The van der Waals surface area contributed by atoms with Gasteiger partial charge in [0.25, 0.3) is 0 Å². The lowest BCUT2D eigenvalue weighted by Gasteiger charge is -2.41. The average Bonchev–Trinajstić information content (AvgIpc) is 2.36. The van der Waals surface area contributed by atoms with Crippen LogP contribution in [0.4, 0.5) is 0 Å². The van der Waals surface area contributed by atoms with Gasteiger partial charge in [0.1, 0.15) is 0 Å². The van der Waals surface area contributed by atoms with Crippen molar-refractivity contribution in [2.75, 3.05) is 6.54 Å². The van der Waals surface area contributed by atoms with E-state index in [2.05, 4.69) is 32.9 Å². The van der Waals surface area contributed by atoms with Gasteiger partial charge in [-0.3, -0.25) is 0 Å². The van der Waals surface area contributed by atoms with Gasteiger partial charge >= 0.3 is 0 Å². The maximum absolute atomic E-state index is 2.61. The fourth-order valence-electron chi connectivity index (χ4n) is 2.94. The van der Waals surface area contributed by atoms with Crippen molar-refractivity contribution in [2.45, 2.75) is 51.0 Å². The van der Waals surface area contributed by atoms with Gasteiger partial charge in [0.05, 0.1) is 0 Å². The Morgan fingerprint density at radius 1 is 1.25 bits per heavy atom. The van der Waals surface area contributed by atoms with Crippen molar-refractivity contribution in [1.29, 1.82) is 0 Å². The van der Waals surface area contributed by atoms with Gasteiger partial charge in [0, 0.05) is 34.9 Å². The van der Waals surface area contributed by atoms with Crippen molar-refractivity contribution < 1.29 is 0 Å². The maximum Gasteiger partial charge on any atom is 0.0331 e. The second kappa shape index (κ2) is 3.45. The highest BCUT2D eigenvalue weighted by atomic mass is 127. The van der Waals surface area contributed by atoms with Crippen LogP contribution in [0.2, 0.25) is 0 Å². The molecule has 1 aliphatic heterocycles. The third-order valence-corrected chi connectivity index (χ3v) is 5.32. The number of hydrogen-bond donors (Lipinski definition) is 0. The Morgan fingerprint density at radius 3 is 2.42 bits per heavy atom. The van der Waals surface area contributed by atoms with E-state index in [1.807, 2.05) is 0 Å². The van der Waals surface area contributed by atoms with E-state index >= 15 is 0 Å². The fraction of sp³-hybridized carbons (Fsp3) is 1.00. The van der Waals surface area contributed by atoms with Crippen LogP contribution >= 0.6 is 22.9 Å². The highest BCUT2D eigenvalue weighted by Crippen LogP contribution is 2.46. The molecule has 2 aliphatic rings. The summed E-state index contributed by atoms with van der Waals surface area (Å²) in [4.78, 5) is 0. The molecule has 0 bridgehead atoms. The minimum Gasteiger partial charge on any atom is -0.241 e. The van der Waals surface area contributed by atoms with Gasteiger partial charge in [-0.05, 0) is 25.2 Å². The molecule has 0 aromatic carbocycles. The molecule has 70 valence electrons. The van der Waals surface area contributed by atoms with E-state index in [1.54, 1.807) is 0 Å². The third kappa shape index (κ3) is 1.31. The number of hydrogen-bond acceptors (Lipinski definition) is 1. The summed E-state index contributed by atoms with van der Waals surface area (Å²) in [6, 6.07) is 0. The molecule has 2 fully saturated rings. The summed E-state index contributed by atoms with van der Waals surface area (Å²) in [6.45, 7) is 3.77. The zero-order valence-electron chi connectivity index (χ0n) is 7.85. The Labute approximate surface area is 89.4 Å². The third-order valence-electron chi connectivity index (χ3n) is 3.88. The van der Waals surface area contributed by atoms with Crippen LogP contribution in [0.5, 0.6) is 0 Å². The Morgan fingerprint density at radius 2 is 1.92 bits per heavy atom. The Bertz CT molecular complexity index is 151. The number of rotatable bonds is 0. The Kier molecular flexibility index (Phi) is 2.66. The van der Waals surface area contributed by atoms with Crippen molar-refractivity contribution in [3.8, 4) is 0 Å². The SMILES string of the molecule is C[C@H]1CCN(I)C12CCCCC2. The Balaban J connectivity index is 2.14. The van der Waals surface area contributed by atoms with Crippen LogP contribution in [0.1, 0.15) is 45.4 Å². The molecule has 1 saturated carbocycles. The maximum atomic E-state index is 2.61. The van der Waals surface area contributed by atoms with E-state index in [9.17, 15) is 0 Å². The van der Waals surface area contributed by atoms with Crippen molar-refractivity contribution in [2.24, 2.45) is 5.92 Å². The molecule has 2 rings (SSSR count). The van der Waals surface area contributed by atoms with Crippen LogP contribution in [0.15, 0.2) is 0 Å². The Hall–Kier alpha value is 0.690. The summed E-state index contributed by atoms with van der Waals surface area (Å²) in [6.07, 6.45) is 8.73. The lowest BCUT2D eigenvalue weighted by Crippen LogP contribution is -2.43. The molecule has 1 atom stereocenters. The van der Waals surface area contributed by atoms with E-state index in [0.29, 0.717) is 5.54 Å². The predicted octanol–water partition coefficient (Wildman–Crippen LogP) is 3.38. The van der Waals surface area contributed by atoms with Gasteiger partial charge in [0.15, 0.2) is 0 Å². The van der Waals surface area contributed by atoms with Crippen molar-refractivity contribution >= 4 is 22.9 Å². The zero-order valence-corrected chi connectivity index (χ0v) is 10.0. The van der Waals surface area contributed by atoms with Crippen molar-refractivity contribution in [1.82, 2.24) is 3.11 Å². The molecular formula is C10H18IN. The van der Waals surface area contributed by atoms with Crippen LogP contribution in [-0.2, 0) is 0 Å². The topological polar surface area (TPSA) is 3.24 Å². The first-order valence-electron chi connectivity index (χ1n) is 5.19. The highest BCUT2D eigenvalue weighted by Gasteiger charge is 2.45. The van der Waals surface area contributed by atoms with Crippen LogP contribution in [0.25, 0.3) is 0 Å². The second-order valence-corrected chi connectivity index (χ2v) is 5.60. The van der Waals surface area contributed by atoms with E-state index in [4.69, 9.17) is 0 Å². The molecule has 0 N–H and O–H groups in total.